The van der Waals surface area contributed by atoms with Crippen molar-refractivity contribution < 1.29 is 44.0 Å². The summed E-state index contributed by atoms with van der Waals surface area (Å²) in [6, 6.07) is 16.9. The van der Waals surface area contributed by atoms with Crippen LogP contribution in [0, 0.1) is 13.8 Å². The Balaban J connectivity index is 0.000000130. The molecule has 6 aromatic heterocycles. The van der Waals surface area contributed by atoms with Gasteiger partial charge in [0.15, 0.2) is 11.6 Å². The fourth-order valence-corrected chi connectivity index (χ4v) is 13.2. The Labute approximate surface area is 547 Å². The van der Waals surface area contributed by atoms with Crippen LogP contribution in [0.15, 0.2) is 95.9 Å². The van der Waals surface area contributed by atoms with Crippen molar-refractivity contribution in [2.75, 3.05) is 55.2 Å². The molecule has 9 aromatic rings. The monoisotopic (exact) mass is 1340 g/mol. The zero-order valence-corrected chi connectivity index (χ0v) is 52.8. The summed E-state index contributed by atoms with van der Waals surface area (Å²) < 4.78 is 131. The van der Waals surface area contributed by atoms with Gasteiger partial charge in [-0.3, -0.25) is 0 Å². The highest BCUT2D eigenvalue weighted by Crippen LogP contribution is 2.44. The van der Waals surface area contributed by atoms with E-state index in [2.05, 4.69) is 97.7 Å². The average molecular weight is 1340 g/mol. The highest BCUT2D eigenvalue weighted by atomic mass is 32.1. The second-order valence-corrected chi connectivity index (χ2v) is 25.1. The van der Waals surface area contributed by atoms with Crippen molar-refractivity contribution in [1.29, 1.82) is 0 Å². The molecule has 0 spiro atoms. The van der Waals surface area contributed by atoms with Gasteiger partial charge in [-0.2, -0.15) is 44.5 Å². The largest absolute Gasteiger partial charge is 0.419 e. The van der Waals surface area contributed by atoms with Crippen LogP contribution in [0.4, 0.5) is 57.4 Å². The SMILES string of the molecule is Cc1nnc(-c2ccc3c(c2)CC=C3c2nc(N[C@H]3CCCNC3)ncc2C(F)(F)F)s1.Cc1noc(-c2ccc3c(c2)CC=C3c2nc(N[C@H]3CCCNC3)ncc2C(F)(F)F)n1.Cn1nnnc1-c1ccc2c(c1)CC=C2c1nc(N[C@H]2CCCNC2)ncc1C(F)(F)F. The number of hydrogen-bond donors (Lipinski definition) is 6. The van der Waals surface area contributed by atoms with Crippen molar-refractivity contribution in [3.8, 4) is 33.4 Å². The van der Waals surface area contributed by atoms with Crippen LogP contribution in [-0.4, -0.2) is 128 Å². The summed E-state index contributed by atoms with van der Waals surface area (Å²) >= 11 is 1.49. The van der Waals surface area contributed by atoms with Gasteiger partial charge in [-0.25, -0.2) is 34.6 Å². The topological polar surface area (TPSA) is 258 Å². The zero-order chi connectivity index (χ0) is 66.9. The molecular formula is C65H63F9N20OS. The maximum Gasteiger partial charge on any atom is 0.419 e. The average Bonchev–Trinajstić information content (AvgIpc) is 1.53. The van der Waals surface area contributed by atoms with E-state index in [9.17, 15) is 39.5 Å². The van der Waals surface area contributed by atoms with Gasteiger partial charge in [0.05, 0.1) is 17.1 Å². The standard InChI is InChI=1S/C22H21F3N6O.C22H21F3N6S.C21H21F3N8/c1-12-28-20(32-31-12)14-5-6-16-13(9-14)4-7-17(16)19-18(22(23,24)25)11-27-21(30-19)29-15-3-2-8-26-10-15;1-12-30-31-20(32-12)14-5-6-16-13(9-14)4-7-17(16)19-18(22(23,24)25)11-27-21(29-19)28-15-3-2-8-26-10-15;1-32-19(29-30-31-32)13-5-6-15-12(9-13)4-7-16(15)18-17(21(22,23)24)11-26-20(28-18)27-14-3-2-8-25-10-14/h5-7,9,11,15,26H,2-4,8,10H2,1H3,(H,27,29,30);5-7,9,11,15,26H,2-4,8,10H2,1H3,(H,27,28,29);5-7,9,11,14,25H,2-4,8,10H2,1H3,(H,26,27,28)/t2*15-;14-/m000/s1. The summed E-state index contributed by atoms with van der Waals surface area (Å²) in [5, 5.41) is 44.5. The molecule has 31 heteroatoms. The maximum atomic E-state index is 13.8. The molecule has 0 unspecified atom stereocenters. The minimum atomic E-state index is -4.56. The number of allylic oxidation sites excluding steroid dienone is 3. The Bertz CT molecular complexity index is 4240. The van der Waals surface area contributed by atoms with Crippen molar-refractivity contribution in [2.45, 2.75) is 108 Å². The lowest BCUT2D eigenvalue weighted by atomic mass is 9.98. The molecule has 3 saturated heterocycles. The first kappa shape index (κ1) is 65.2. The molecular weight excluding hydrogens is 1280 g/mol. The van der Waals surface area contributed by atoms with E-state index in [1.807, 2.05) is 49.4 Å². The third kappa shape index (κ3) is 14.5. The number of aryl methyl sites for hydroxylation is 3. The van der Waals surface area contributed by atoms with Gasteiger partial charge in [-0.1, -0.05) is 65.1 Å². The number of benzene rings is 3. The lowest BCUT2D eigenvalue weighted by Crippen LogP contribution is -2.38. The summed E-state index contributed by atoms with van der Waals surface area (Å²) in [6.07, 6.45) is 1.58. The van der Waals surface area contributed by atoms with E-state index < -0.39 is 35.2 Å². The van der Waals surface area contributed by atoms with Crippen LogP contribution >= 0.6 is 11.3 Å². The van der Waals surface area contributed by atoms with E-state index in [4.69, 9.17) is 4.52 Å². The number of nitrogens with one attached hydrogen (secondary N) is 6. The van der Waals surface area contributed by atoms with Gasteiger partial charge in [-0.05, 0) is 159 Å². The Morgan fingerprint density at radius 1 is 0.521 bits per heavy atom. The third-order valence-electron chi connectivity index (χ3n) is 17.1. The van der Waals surface area contributed by atoms with Crippen LogP contribution in [0.3, 0.4) is 0 Å². The van der Waals surface area contributed by atoms with Gasteiger partial charge in [0.2, 0.25) is 17.8 Å². The van der Waals surface area contributed by atoms with Crippen molar-refractivity contribution in [2.24, 2.45) is 7.05 Å². The first-order valence-electron chi connectivity index (χ1n) is 31.3. The smallest absolute Gasteiger partial charge is 0.350 e. The van der Waals surface area contributed by atoms with E-state index >= 15 is 0 Å². The van der Waals surface area contributed by atoms with E-state index in [0.29, 0.717) is 59.1 Å². The number of alkyl halides is 9. The van der Waals surface area contributed by atoms with Crippen LogP contribution < -0.4 is 31.9 Å². The highest BCUT2D eigenvalue weighted by molar-refractivity contribution is 7.14. The molecule has 6 aliphatic rings. The number of aromatic nitrogens is 14. The molecule has 9 heterocycles. The highest BCUT2D eigenvalue weighted by Gasteiger charge is 2.40. The summed E-state index contributed by atoms with van der Waals surface area (Å²) in [5.41, 5.74) is 5.93. The molecule has 6 N–H and O–H groups in total. The molecule has 15 rings (SSSR count). The molecule has 3 aromatic carbocycles. The number of piperidine rings is 3. The van der Waals surface area contributed by atoms with Crippen molar-refractivity contribution in [1.82, 2.24) is 86.4 Å². The van der Waals surface area contributed by atoms with Gasteiger partial charge >= 0.3 is 18.5 Å². The Morgan fingerprint density at radius 2 is 0.938 bits per heavy atom. The molecule has 0 bridgehead atoms. The second-order valence-electron chi connectivity index (χ2n) is 23.9. The fraction of sp³-hybridized carbons (Fsp3) is 0.369. The predicted octanol–water partition coefficient (Wildman–Crippen LogP) is 11.3. The summed E-state index contributed by atoms with van der Waals surface area (Å²) in [4.78, 5) is 29.1. The maximum absolute atomic E-state index is 13.8. The minimum Gasteiger partial charge on any atom is -0.350 e. The molecule has 0 saturated carbocycles. The first-order chi connectivity index (χ1) is 46.2. The zero-order valence-electron chi connectivity index (χ0n) is 52.0. The number of hydrogen-bond acceptors (Lipinski definition) is 21. The van der Waals surface area contributed by atoms with Gasteiger partial charge < -0.3 is 36.4 Å². The van der Waals surface area contributed by atoms with Crippen LogP contribution in [0.2, 0.25) is 0 Å². The van der Waals surface area contributed by atoms with Crippen LogP contribution in [0.1, 0.15) is 117 Å². The normalized spacial score (nSPS) is 18.4. The predicted molar refractivity (Wildman–Crippen MR) is 341 cm³/mol. The number of rotatable bonds is 12. The molecule has 0 radical (unpaired) electrons. The van der Waals surface area contributed by atoms with Crippen molar-refractivity contribution in [3.63, 3.8) is 0 Å². The molecule has 0 amide bonds. The number of nitrogens with zero attached hydrogens (tertiary/aromatic N) is 14. The molecule has 21 nitrogen and oxygen atoms in total. The molecule has 3 fully saturated rings. The Kier molecular flexibility index (Phi) is 18.6. The Hall–Kier alpha value is -9.46. The lowest BCUT2D eigenvalue weighted by Gasteiger charge is -2.24. The van der Waals surface area contributed by atoms with Crippen LogP contribution in [0.5, 0.6) is 0 Å². The van der Waals surface area contributed by atoms with Crippen LogP contribution in [0.25, 0.3) is 50.1 Å². The lowest BCUT2D eigenvalue weighted by molar-refractivity contribution is -0.139. The molecule has 3 aliphatic heterocycles. The quantitative estimate of drug-likeness (QED) is 0.0621. The van der Waals surface area contributed by atoms with Crippen LogP contribution in [-0.2, 0) is 44.8 Å². The molecule has 3 atom stereocenters. The van der Waals surface area contributed by atoms with Gasteiger partial charge in [0.25, 0.3) is 5.89 Å². The number of fused-ring (bicyclic) bond motifs is 3. The third-order valence-corrected chi connectivity index (χ3v) is 18.0. The summed E-state index contributed by atoms with van der Waals surface area (Å²) in [5.74, 6) is 2.11. The molecule has 96 heavy (non-hydrogen) atoms. The van der Waals surface area contributed by atoms with Gasteiger partial charge in [0, 0.05) is 96.8 Å². The molecule has 498 valence electrons. The first-order valence-corrected chi connectivity index (χ1v) is 32.1. The summed E-state index contributed by atoms with van der Waals surface area (Å²) in [7, 11) is 1.74. The number of anilines is 3. The summed E-state index contributed by atoms with van der Waals surface area (Å²) in [6.45, 7) is 8.62. The second kappa shape index (κ2) is 27.3. The minimum absolute atomic E-state index is 0.0820. The number of tetrazole rings is 1. The van der Waals surface area contributed by atoms with Crippen molar-refractivity contribution in [3.05, 3.63) is 169 Å². The van der Waals surface area contributed by atoms with E-state index in [-0.39, 0.29) is 53.1 Å². The van der Waals surface area contributed by atoms with Gasteiger partial charge in [-0.15, -0.1) is 15.3 Å². The van der Waals surface area contributed by atoms with E-state index in [1.54, 1.807) is 49.0 Å². The Morgan fingerprint density at radius 3 is 1.30 bits per heavy atom. The number of halogens is 9. The molecule has 3 aliphatic carbocycles. The van der Waals surface area contributed by atoms with Crippen molar-refractivity contribution >= 4 is 45.9 Å². The fourth-order valence-electron chi connectivity index (χ4n) is 12.5. The van der Waals surface area contributed by atoms with E-state index in [0.717, 1.165) is 151 Å². The van der Waals surface area contributed by atoms with Gasteiger partial charge in [0.1, 0.15) is 26.7 Å². The van der Waals surface area contributed by atoms with E-state index in [1.165, 1.54) is 11.3 Å².